The smallest absolute Gasteiger partial charge is 0.170 e. The first kappa shape index (κ1) is 19.7. The highest BCUT2D eigenvalue weighted by Crippen LogP contribution is 2.26. The van der Waals surface area contributed by atoms with Crippen molar-refractivity contribution in [1.29, 1.82) is 0 Å². The fourth-order valence-electron chi connectivity index (χ4n) is 2.72. The van der Waals surface area contributed by atoms with Crippen LogP contribution in [-0.4, -0.2) is 18.8 Å². The van der Waals surface area contributed by atoms with Crippen molar-refractivity contribution in [2.75, 3.05) is 19.0 Å². The Kier molecular flexibility index (Phi) is 7.27. The predicted molar refractivity (Wildman–Crippen MR) is 118 cm³/mol. The van der Waals surface area contributed by atoms with Crippen LogP contribution in [0.15, 0.2) is 78.9 Å². The van der Waals surface area contributed by atoms with Gasteiger partial charge >= 0.3 is 0 Å². The van der Waals surface area contributed by atoms with Crippen molar-refractivity contribution in [3.05, 3.63) is 84.4 Å². The Morgan fingerprint density at radius 3 is 2.36 bits per heavy atom. The number of aryl methyl sites for hydroxylation is 1. The normalized spacial score (nSPS) is 10.2. The van der Waals surface area contributed by atoms with Gasteiger partial charge in [-0.05, 0) is 67.0 Å². The van der Waals surface area contributed by atoms with Gasteiger partial charge in [-0.1, -0.05) is 36.4 Å². The van der Waals surface area contributed by atoms with Gasteiger partial charge in [-0.25, -0.2) is 0 Å². The molecule has 0 radical (unpaired) electrons. The molecule has 0 saturated heterocycles. The molecule has 0 unspecified atom stereocenters. The van der Waals surface area contributed by atoms with Crippen LogP contribution < -0.4 is 20.1 Å². The topological polar surface area (TPSA) is 42.5 Å². The summed E-state index contributed by atoms with van der Waals surface area (Å²) >= 11 is 5.36. The molecule has 0 bridgehead atoms. The second-order valence-electron chi connectivity index (χ2n) is 6.28. The molecular weight excluding hydrogens is 368 g/mol. The minimum Gasteiger partial charge on any atom is -0.497 e. The fourth-order valence-corrected chi connectivity index (χ4v) is 2.94. The first-order valence-corrected chi connectivity index (χ1v) is 9.64. The van der Waals surface area contributed by atoms with Crippen molar-refractivity contribution < 1.29 is 9.47 Å². The van der Waals surface area contributed by atoms with Gasteiger partial charge in [-0.3, -0.25) is 0 Å². The molecule has 0 saturated carbocycles. The van der Waals surface area contributed by atoms with Crippen molar-refractivity contribution in [1.82, 2.24) is 5.32 Å². The van der Waals surface area contributed by atoms with E-state index in [4.69, 9.17) is 21.7 Å². The van der Waals surface area contributed by atoms with Crippen LogP contribution in [0.25, 0.3) is 0 Å². The minimum atomic E-state index is 0.620. The SMILES string of the molecule is COc1cccc(Oc2ccc(NC(=S)NCCCc3ccccc3)cc2)c1. The van der Waals surface area contributed by atoms with E-state index in [1.807, 2.05) is 54.6 Å². The molecule has 0 atom stereocenters. The molecule has 3 aromatic rings. The van der Waals surface area contributed by atoms with Crippen LogP contribution in [0.1, 0.15) is 12.0 Å². The molecular formula is C23H24N2O2S. The van der Waals surface area contributed by atoms with Crippen molar-refractivity contribution in [3.8, 4) is 17.2 Å². The summed E-state index contributed by atoms with van der Waals surface area (Å²) in [5, 5.41) is 7.06. The number of nitrogens with one attached hydrogen (secondary N) is 2. The zero-order chi connectivity index (χ0) is 19.6. The number of hydrogen-bond acceptors (Lipinski definition) is 3. The summed E-state index contributed by atoms with van der Waals surface area (Å²) in [6.07, 6.45) is 2.06. The second kappa shape index (κ2) is 10.3. The lowest BCUT2D eigenvalue weighted by molar-refractivity contribution is 0.409. The van der Waals surface area contributed by atoms with Gasteiger partial charge in [0.2, 0.25) is 0 Å². The average Bonchev–Trinajstić information content (AvgIpc) is 2.73. The highest BCUT2D eigenvalue weighted by Gasteiger charge is 2.02. The summed E-state index contributed by atoms with van der Waals surface area (Å²) in [5.41, 5.74) is 2.26. The van der Waals surface area contributed by atoms with Crippen molar-refractivity contribution in [2.24, 2.45) is 0 Å². The Bertz CT molecular complexity index is 883. The molecule has 0 aliphatic rings. The van der Waals surface area contributed by atoms with Gasteiger partial charge < -0.3 is 20.1 Å². The summed E-state index contributed by atoms with van der Waals surface area (Å²) in [4.78, 5) is 0. The van der Waals surface area contributed by atoms with Crippen LogP contribution >= 0.6 is 12.2 Å². The number of methoxy groups -OCH3 is 1. The van der Waals surface area contributed by atoms with Crippen LogP contribution in [-0.2, 0) is 6.42 Å². The molecule has 28 heavy (non-hydrogen) atoms. The number of hydrogen-bond donors (Lipinski definition) is 2. The zero-order valence-corrected chi connectivity index (χ0v) is 16.7. The quantitative estimate of drug-likeness (QED) is 0.396. The fraction of sp³-hybridized carbons (Fsp3) is 0.174. The summed E-state index contributed by atoms with van der Waals surface area (Å²) in [6.45, 7) is 0.831. The van der Waals surface area contributed by atoms with Crippen LogP contribution in [0.5, 0.6) is 17.2 Å². The standard InChI is InChI=1S/C23H24N2O2S/c1-26-21-10-5-11-22(17-21)27-20-14-12-19(13-15-20)25-23(28)24-16-6-9-18-7-3-2-4-8-18/h2-5,7-8,10-15,17H,6,9,16H2,1H3,(H2,24,25,28). The Hall–Kier alpha value is -3.05. The Labute approximate surface area is 171 Å². The van der Waals surface area contributed by atoms with Crippen LogP contribution in [0.2, 0.25) is 0 Å². The van der Waals surface area contributed by atoms with Gasteiger partial charge in [0.25, 0.3) is 0 Å². The summed E-state index contributed by atoms with van der Waals surface area (Å²) in [6, 6.07) is 25.7. The van der Waals surface area contributed by atoms with E-state index in [-0.39, 0.29) is 0 Å². The molecule has 4 nitrogen and oxygen atoms in total. The van der Waals surface area contributed by atoms with Crippen LogP contribution in [0.4, 0.5) is 5.69 Å². The zero-order valence-electron chi connectivity index (χ0n) is 15.9. The Morgan fingerprint density at radius 1 is 0.857 bits per heavy atom. The van der Waals surface area contributed by atoms with Crippen molar-refractivity contribution in [3.63, 3.8) is 0 Å². The average molecular weight is 393 g/mol. The molecule has 3 rings (SSSR count). The van der Waals surface area contributed by atoms with E-state index >= 15 is 0 Å². The summed E-state index contributed by atoms with van der Waals surface area (Å²) < 4.78 is 11.1. The van der Waals surface area contributed by atoms with E-state index in [1.165, 1.54) is 5.56 Å². The van der Waals surface area contributed by atoms with Gasteiger partial charge in [0.05, 0.1) is 7.11 Å². The third kappa shape index (κ3) is 6.28. The molecule has 0 fully saturated rings. The number of anilines is 1. The monoisotopic (exact) mass is 392 g/mol. The van der Waals surface area contributed by atoms with E-state index in [2.05, 4.69) is 34.9 Å². The first-order valence-electron chi connectivity index (χ1n) is 9.24. The maximum atomic E-state index is 5.85. The van der Waals surface area contributed by atoms with Crippen LogP contribution in [0, 0.1) is 0 Å². The highest BCUT2D eigenvalue weighted by molar-refractivity contribution is 7.80. The minimum absolute atomic E-state index is 0.620. The molecule has 144 valence electrons. The second-order valence-corrected chi connectivity index (χ2v) is 6.68. The maximum absolute atomic E-state index is 5.85. The van der Waals surface area contributed by atoms with E-state index in [9.17, 15) is 0 Å². The molecule has 0 aliphatic carbocycles. The van der Waals surface area contributed by atoms with E-state index in [0.29, 0.717) is 5.11 Å². The van der Waals surface area contributed by atoms with E-state index < -0.39 is 0 Å². The van der Waals surface area contributed by atoms with E-state index in [1.54, 1.807) is 7.11 Å². The van der Waals surface area contributed by atoms with Gasteiger partial charge in [-0.15, -0.1) is 0 Å². The molecule has 0 heterocycles. The van der Waals surface area contributed by atoms with Gasteiger partial charge in [-0.2, -0.15) is 0 Å². The molecule has 5 heteroatoms. The number of ether oxygens (including phenoxy) is 2. The molecule has 0 aromatic heterocycles. The molecule has 0 aliphatic heterocycles. The molecule has 3 aromatic carbocycles. The Morgan fingerprint density at radius 2 is 1.61 bits per heavy atom. The van der Waals surface area contributed by atoms with E-state index in [0.717, 1.165) is 42.3 Å². The molecule has 0 spiro atoms. The predicted octanol–water partition coefficient (Wildman–Crippen LogP) is 5.41. The largest absolute Gasteiger partial charge is 0.497 e. The van der Waals surface area contributed by atoms with Gasteiger partial charge in [0, 0.05) is 18.3 Å². The lowest BCUT2D eigenvalue weighted by Crippen LogP contribution is -2.29. The maximum Gasteiger partial charge on any atom is 0.170 e. The lowest BCUT2D eigenvalue weighted by atomic mass is 10.1. The van der Waals surface area contributed by atoms with Crippen LogP contribution in [0.3, 0.4) is 0 Å². The van der Waals surface area contributed by atoms with Crippen molar-refractivity contribution >= 4 is 23.0 Å². The van der Waals surface area contributed by atoms with Crippen molar-refractivity contribution in [2.45, 2.75) is 12.8 Å². The number of rotatable bonds is 8. The number of benzene rings is 3. The number of thiocarbonyl (C=S) groups is 1. The molecule has 0 amide bonds. The third-order valence-electron chi connectivity index (χ3n) is 4.16. The summed E-state index contributed by atoms with van der Waals surface area (Å²) in [7, 11) is 1.64. The first-order chi connectivity index (χ1) is 13.7. The molecule has 2 N–H and O–H groups in total. The Balaban J connectivity index is 1.42. The third-order valence-corrected chi connectivity index (χ3v) is 4.41. The lowest BCUT2D eigenvalue weighted by Gasteiger charge is -2.12. The van der Waals surface area contributed by atoms with Gasteiger partial charge in [0.1, 0.15) is 17.2 Å². The highest BCUT2D eigenvalue weighted by atomic mass is 32.1. The summed E-state index contributed by atoms with van der Waals surface area (Å²) in [5.74, 6) is 2.25. The van der Waals surface area contributed by atoms with Gasteiger partial charge in [0.15, 0.2) is 5.11 Å².